The van der Waals surface area contributed by atoms with Crippen molar-refractivity contribution in [2.45, 2.75) is 39.2 Å². The summed E-state index contributed by atoms with van der Waals surface area (Å²) >= 11 is 0. The van der Waals surface area contributed by atoms with Crippen LogP contribution in [0.5, 0.6) is 0 Å². The summed E-state index contributed by atoms with van der Waals surface area (Å²) in [7, 11) is 0. The lowest BCUT2D eigenvalue weighted by molar-refractivity contribution is -0.118. The van der Waals surface area contributed by atoms with Gasteiger partial charge in [0.05, 0.1) is 6.20 Å². The van der Waals surface area contributed by atoms with Gasteiger partial charge in [0, 0.05) is 18.0 Å². The number of anilines is 1. The molecule has 1 spiro atoms. The Kier molecular flexibility index (Phi) is 4.39. The van der Waals surface area contributed by atoms with Gasteiger partial charge in [0.15, 0.2) is 0 Å². The Morgan fingerprint density at radius 3 is 2.85 bits per heavy atom. The molecule has 1 aromatic rings. The van der Waals surface area contributed by atoms with Crippen molar-refractivity contribution in [1.29, 1.82) is 0 Å². The van der Waals surface area contributed by atoms with E-state index < -0.39 is 0 Å². The Bertz CT molecular complexity index is 479. The number of hydrogen-bond donors (Lipinski definition) is 2. The smallest absolute Gasteiger partial charge is 0.229 e. The molecule has 0 bridgehead atoms. The molecule has 0 aromatic carbocycles. The van der Waals surface area contributed by atoms with Gasteiger partial charge in [-0.25, -0.2) is 4.68 Å². The van der Waals surface area contributed by atoms with Crippen LogP contribution in [0, 0.1) is 11.3 Å². The Morgan fingerprint density at radius 2 is 2.20 bits per heavy atom. The fourth-order valence-electron chi connectivity index (χ4n) is 3.23. The summed E-state index contributed by atoms with van der Waals surface area (Å²) in [6.45, 7) is 6.23. The van der Waals surface area contributed by atoms with Gasteiger partial charge in [-0.3, -0.25) is 4.79 Å². The van der Waals surface area contributed by atoms with Gasteiger partial charge in [-0.1, -0.05) is 0 Å². The predicted molar refractivity (Wildman–Crippen MR) is 81.1 cm³/mol. The number of piperidine rings is 1. The predicted octanol–water partition coefficient (Wildman–Crippen LogP) is 2.21. The zero-order valence-electron chi connectivity index (χ0n) is 12.1. The number of amides is 1. The highest BCUT2D eigenvalue weighted by atomic mass is 35.5. The zero-order valence-corrected chi connectivity index (χ0v) is 12.9. The molecule has 2 N–H and O–H groups in total. The third-order valence-corrected chi connectivity index (χ3v) is 4.52. The van der Waals surface area contributed by atoms with Crippen molar-refractivity contribution in [3.05, 3.63) is 12.3 Å². The van der Waals surface area contributed by atoms with Crippen LogP contribution in [-0.2, 0) is 4.79 Å². The zero-order chi connectivity index (χ0) is 13.5. The molecule has 112 valence electrons. The van der Waals surface area contributed by atoms with E-state index in [4.69, 9.17) is 0 Å². The second-order valence-corrected chi connectivity index (χ2v) is 6.11. The van der Waals surface area contributed by atoms with Gasteiger partial charge < -0.3 is 10.6 Å². The lowest BCUT2D eigenvalue weighted by atomic mass is 9.92. The van der Waals surface area contributed by atoms with Gasteiger partial charge in [-0.05, 0) is 51.6 Å². The van der Waals surface area contributed by atoms with E-state index in [1.165, 1.54) is 0 Å². The van der Waals surface area contributed by atoms with E-state index in [2.05, 4.69) is 29.6 Å². The normalized spacial score (nSPS) is 23.4. The number of nitrogens with zero attached hydrogens (tertiary/aromatic N) is 2. The number of hydrogen-bond acceptors (Lipinski definition) is 3. The first kappa shape index (κ1) is 15.3. The molecule has 2 aliphatic rings. The lowest BCUT2D eigenvalue weighted by Crippen LogP contribution is -2.32. The Hall–Kier alpha value is -1.07. The topological polar surface area (TPSA) is 59.0 Å². The molecule has 1 atom stereocenters. The van der Waals surface area contributed by atoms with Crippen molar-refractivity contribution in [3.63, 3.8) is 0 Å². The molecular formula is C14H23ClN4O. The Labute approximate surface area is 125 Å². The number of carbonyl (C=O) groups excluding carboxylic acids is 1. The highest BCUT2D eigenvalue weighted by Gasteiger charge is 2.57. The maximum atomic E-state index is 12.3. The summed E-state index contributed by atoms with van der Waals surface area (Å²) < 4.78 is 1.86. The first-order valence-electron chi connectivity index (χ1n) is 7.17. The molecule has 1 amide bonds. The highest BCUT2D eigenvalue weighted by molar-refractivity contribution is 5.94. The van der Waals surface area contributed by atoms with Gasteiger partial charge in [-0.15, -0.1) is 12.4 Å². The number of rotatable bonds is 3. The second kappa shape index (κ2) is 5.74. The van der Waals surface area contributed by atoms with Crippen molar-refractivity contribution >= 4 is 24.1 Å². The van der Waals surface area contributed by atoms with E-state index in [1.807, 2.05) is 10.7 Å². The summed E-state index contributed by atoms with van der Waals surface area (Å²) in [6.07, 6.45) is 5.06. The summed E-state index contributed by atoms with van der Waals surface area (Å²) in [6, 6.07) is 2.13. The van der Waals surface area contributed by atoms with Crippen LogP contribution in [0.15, 0.2) is 12.3 Å². The molecule has 1 aromatic heterocycles. The maximum Gasteiger partial charge on any atom is 0.229 e. The molecule has 2 heterocycles. The number of carbonyl (C=O) groups is 1. The molecular weight excluding hydrogens is 276 g/mol. The van der Waals surface area contributed by atoms with Crippen molar-refractivity contribution in [3.8, 4) is 0 Å². The molecule has 1 aliphatic carbocycles. The summed E-state index contributed by atoms with van der Waals surface area (Å²) in [4.78, 5) is 12.3. The number of halogens is 1. The van der Waals surface area contributed by atoms with Gasteiger partial charge in [0.25, 0.3) is 0 Å². The Balaban J connectivity index is 0.00000147. The molecule has 20 heavy (non-hydrogen) atoms. The molecule has 1 unspecified atom stereocenters. The minimum absolute atomic E-state index is 0. The van der Waals surface area contributed by atoms with Gasteiger partial charge >= 0.3 is 0 Å². The van der Waals surface area contributed by atoms with Crippen LogP contribution in [0.4, 0.5) is 5.82 Å². The average molecular weight is 299 g/mol. The summed E-state index contributed by atoms with van der Waals surface area (Å²) in [5, 5.41) is 10.7. The first-order valence-corrected chi connectivity index (χ1v) is 7.17. The standard InChI is InChI=1S/C14H22N4O.ClH/c1-10(2)18-12(3-6-16-18)17-13(19)11-9-14(11)4-7-15-8-5-14;/h3,6,10-11,15H,4-5,7-9H2,1-2H3,(H,17,19);1H. The maximum absolute atomic E-state index is 12.3. The van der Waals surface area contributed by atoms with Crippen molar-refractivity contribution in [2.24, 2.45) is 11.3 Å². The fourth-order valence-corrected chi connectivity index (χ4v) is 3.23. The van der Waals surface area contributed by atoms with Crippen LogP contribution in [-0.4, -0.2) is 28.8 Å². The van der Waals surface area contributed by atoms with E-state index in [9.17, 15) is 4.79 Å². The van der Waals surface area contributed by atoms with Crippen LogP contribution < -0.4 is 10.6 Å². The number of nitrogens with one attached hydrogen (secondary N) is 2. The number of aromatic nitrogens is 2. The quantitative estimate of drug-likeness (QED) is 0.899. The molecule has 1 aliphatic heterocycles. The highest BCUT2D eigenvalue weighted by Crippen LogP contribution is 2.58. The second-order valence-electron chi connectivity index (χ2n) is 6.11. The average Bonchev–Trinajstić information content (AvgIpc) is 2.86. The third kappa shape index (κ3) is 2.69. The van der Waals surface area contributed by atoms with E-state index in [0.29, 0.717) is 0 Å². The molecule has 5 nitrogen and oxygen atoms in total. The largest absolute Gasteiger partial charge is 0.317 e. The first-order chi connectivity index (χ1) is 9.12. The fraction of sp³-hybridized carbons (Fsp3) is 0.714. The van der Waals surface area contributed by atoms with Crippen LogP contribution in [0.25, 0.3) is 0 Å². The molecule has 6 heteroatoms. The summed E-state index contributed by atoms with van der Waals surface area (Å²) in [5.41, 5.74) is 0.290. The molecule has 2 fully saturated rings. The molecule has 1 saturated carbocycles. The molecule has 3 rings (SSSR count). The molecule has 0 radical (unpaired) electrons. The Morgan fingerprint density at radius 1 is 1.50 bits per heavy atom. The van der Waals surface area contributed by atoms with E-state index >= 15 is 0 Å². The van der Waals surface area contributed by atoms with E-state index in [-0.39, 0.29) is 35.7 Å². The van der Waals surface area contributed by atoms with Crippen LogP contribution in [0.1, 0.15) is 39.2 Å². The van der Waals surface area contributed by atoms with Gasteiger partial charge in [-0.2, -0.15) is 5.10 Å². The van der Waals surface area contributed by atoms with Crippen molar-refractivity contribution < 1.29 is 4.79 Å². The van der Waals surface area contributed by atoms with Crippen LogP contribution in [0.2, 0.25) is 0 Å². The minimum atomic E-state index is 0. The van der Waals surface area contributed by atoms with E-state index in [0.717, 1.165) is 38.2 Å². The van der Waals surface area contributed by atoms with Gasteiger partial charge in [0.2, 0.25) is 5.91 Å². The SMILES string of the molecule is CC(C)n1nccc1NC(=O)C1CC12CCNCC2.Cl. The van der Waals surface area contributed by atoms with Crippen molar-refractivity contribution in [1.82, 2.24) is 15.1 Å². The van der Waals surface area contributed by atoms with Crippen molar-refractivity contribution in [2.75, 3.05) is 18.4 Å². The van der Waals surface area contributed by atoms with E-state index in [1.54, 1.807) is 6.20 Å². The molecule has 1 saturated heterocycles. The van der Waals surface area contributed by atoms with Gasteiger partial charge in [0.1, 0.15) is 5.82 Å². The monoisotopic (exact) mass is 298 g/mol. The van der Waals surface area contributed by atoms with Crippen LogP contribution in [0.3, 0.4) is 0 Å². The van der Waals surface area contributed by atoms with Crippen LogP contribution >= 0.6 is 12.4 Å². The lowest BCUT2D eigenvalue weighted by Gasteiger charge is -2.23. The minimum Gasteiger partial charge on any atom is -0.317 e. The summed E-state index contributed by atoms with van der Waals surface area (Å²) in [5.74, 6) is 1.19. The third-order valence-electron chi connectivity index (χ3n) is 4.52.